The van der Waals surface area contributed by atoms with Crippen LogP contribution in [0.15, 0.2) is 30.3 Å². The zero-order valence-electron chi connectivity index (χ0n) is 13.5. The number of hydrogen-bond donors (Lipinski definition) is 2. The van der Waals surface area contributed by atoms with E-state index in [2.05, 4.69) is 40.5 Å². The van der Waals surface area contributed by atoms with E-state index in [1.165, 1.54) is 5.56 Å². The van der Waals surface area contributed by atoms with Crippen LogP contribution in [0.25, 0.3) is 0 Å². The van der Waals surface area contributed by atoms with Gasteiger partial charge >= 0.3 is 5.97 Å². The van der Waals surface area contributed by atoms with Crippen molar-refractivity contribution in [3.05, 3.63) is 35.9 Å². The van der Waals surface area contributed by atoms with Crippen molar-refractivity contribution in [2.75, 3.05) is 19.6 Å². The zero-order chi connectivity index (χ0) is 15.8. The smallest absolute Gasteiger partial charge is 0.320 e. The molecule has 122 valence electrons. The van der Waals surface area contributed by atoms with Crippen molar-refractivity contribution < 1.29 is 9.90 Å². The minimum atomic E-state index is -0.714. The van der Waals surface area contributed by atoms with Crippen molar-refractivity contribution >= 4 is 5.97 Å². The third-order valence-corrected chi connectivity index (χ3v) is 4.46. The Balaban J connectivity index is 1.70. The molecule has 0 bridgehead atoms. The van der Waals surface area contributed by atoms with E-state index < -0.39 is 5.97 Å². The summed E-state index contributed by atoms with van der Waals surface area (Å²) in [6.45, 7) is 5.24. The minimum Gasteiger partial charge on any atom is -0.480 e. The average Bonchev–Trinajstić information content (AvgIpc) is 2.54. The summed E-state index contributed by atoms with van der Waals surface area (Å²) in [5, 5.41) is 12.5. The number of carbonyl (C=O) groups is 1. The van der Waals surface area contributed by atoms with E-state index in [1.807, 2.05) is 6.92 Å². The summed E-state index contributed by atoms with van der Waals surface area (Å²) in [5.41, 5.74) is 1.39. The average molecular weight is 304 g/mol. The minimum absolute atomic E-state index is 0.348. The second kappa shape index (κ2) is 8.91. The van der Waals surface area contributed by atoms with E-state index >= 15 is 0 Å². The number of carboxylic acids is 1. The van der Waals surface area contributed by atoms with Gasteiger partial charge in [-0.15, -0.1) is 0 Å². The molecule has 1 atom stereocenters. The van der Waals surface area contributed by atoms with Gasteiger partial charge in [0.1, 0.15) is 6.04 Å². The van der Waals surface area contributed by atoms with Crippen LogP contribution in [0, 0.1) is 0 Å². The predicted octanol–water partition coefficient (Wildman–Crippen LogP) is 2.54. The molecule has 1 heterocycles. The van der Waals surface area contributed by atoms with Gasteiger partial charge in [0, 0.05) is 12.6 Å². The maximum Gasteiger partial charge on any atom is 0.320 e. The number of rotatable bonds is 8. The van der Waals surface area contributed by atoms with Gasteiger partial charge < -0.3 is 15.3 Å². The highest BCUT2D eigenvalue weighted by molar-refractivity contribution is 5.73. The Kier molecular flexibility index (Phi) is 6.87. The van der Waals surface area contributed by atoms with Crippen molar-refractivity contribution in [2.24, 2.45) is 0 Å². The van der Waals surface area contributed by atoms with Crippen LogP contribution in [-0.4, -0.2) is 47.7 Å². The normalized spacial score (nSPS) is 18.2. The Hall–Kier alpha value is -1.39. The number of carboxylic acid groups (broad SMARTS) is 1. The summed E-state index contributed by atoms with van der Waals surface area (Å²) in [4.78, 5) is 13.7. The summed E-state index contributed by atoms with van der Waals surface area (Å²) in [6.07, 6.45) is 4.79. The summed E-state index contributed by atoms with van der Waals surface area (Å²) >= 11 is 0. The lowest BCUT2D eigenvalue weighted by molar-refractivity contribution is -0.140. The molecule has 1 aliphatic heterocycles. The second-order valence-corrected chi connectivity index (χ2v) is 6.20. The molecule has 4 heteroatoms. The molecule has 0 spiro atoms. The molecular weight excluding hydrogens is 276 g/mol. The van der Waals surface area contributed by atoms with Gasteiger partial charge in [0.25, 0.3) is 0 Å². The monoisotopic (exact) mass is 304 g/mol. The summed E-state index contributed by atoms with van der Waals surface area (Å²) < 4.78 is 0. The quantitative estimate of drug-likeness (QED) is 0.775. The van der Waals surface area contributed by atoms with Crippen LogP contribution in [-0.2, 0) is 11.2 Å². The van der Waals surface area contributed by atoms with E-state index in [1.54, 1.807) is 0 Å². The van der Waals surface area contributed by atoms with Gasteiger partial charge in [-0.05, 0) is 44.3 Å². The highest BCUT2D eigenvalue weighted by Crippen LogP contribution is 2.13. The molecule has 0 aromatic heterocycles. The lowest BCUT2D eigenvalue weighted by Crippen LogP contribution is -2.49. The number of piperidine rings is 1. The fourth-order valence-electron chi connectivity index (χ4n) is 3.11. The van der Waals surface area contributed by atoms with E-state index in [0.29, 0.717) is 12.5 Å². The van der Waals surface area contributed by atoms with Gasteiger partial charge in [-0.1, -0.05) is 43.7 Å². The van der Waals surface area contributed by atoms with Gasteiger partial charge in [0.2, 0.25) is 0 Å². The van der Waals surface area contributed by atoms with Gasteiger partial charge in [-0.25, -0.2) is 0 Å². The van der Waals surface area contributed by atoms with Crippen molar-refractivity contribution in [3.63, 3.8) is 0 Å². The molecule has 0 radical (unpaired) electrons. The Morgan fingerprint density at radius 1 is 1.32 bits per heavy atom. The largest absolute Gasteiger partial charge is 0.480 e. The van der Waals surface area contributed by atoms with Gasteiger partial charge in [-0.3, -0.25) is 4.79 Å². The highest BCUT2D eigenvalue weighted by atomic mass is 16.4. The van der Waals surface area contributed by atoms with Crippen LogP contribution in [0.4, 0.5) is 0 Å². The van der Waals surface area contributed by atoms with Crippen LogP contribution < -0.4 is 5.32 Å². The molecule has 1 saturated heterocycles. The molecule has 1 aromatic carbocycles. The van der Waals surface area contributed by atoms with Gasteiger partial charge in [0.15, 0.2) is 0 Å². The summed E-state index contributed by atoms with van der Waals surface area (Å²) in [7, 11) is 0. The van der Waals surface area contributed by atoms with Gasteiger partial charge in [0.05, 0.1) is 0 Å². The number of likely N-dealkylation sites (tertiary alicyclic amines) is 1. The second-order valence-electron chi connectivity index (χ2n) is 6.20. The molecule has 2 N–H and O–H groups in total. The van der Waals surface area contributed by atoms with Crippen molar-refractivity contribution in [1.29, 1.82) is 0 Å². The molecule has 1 aromatic rings. The van der Waals surface area contributed by atoms with Gasteiger partial charge in [-0.2, -0.15) is 0 Å². The number of aliphatic carboxylic acids is 1. The maximum atomic E-state index is 11.2. The number of nitrogens with zero attached hydrogens (tertiary/aromatic N) is 1. The molecule has 4 nitrogen and oxygen atoms in total. The summed E-state index contributed by atoms with van der Waals surface area (Å²) in [6, 6.07) is 10.5. The van der Waals surface area contributed by atoms with Crippen molar-refractivity contribution in [3.8, 4) is 0 Å². The highest BCUT2D eigenvalue weighted by Gasteiger charge is 2.24. The SMILES string of the molecule is CCCC(NC1CCN(CCc2ccccc2)CC1)C(=O)O. The number of nitrogens with one attached hydrogen (secondary N) is 1. The topological polar surface area (TPSA) is 52.6 Å². The number of hydrogen-bond acceptors (Lipinski definition) is 3. The van der Waals surface area contributed by atoms with E-state index in [-0.39, 0.29) is 6.04 Å². The van der Waals surface area contributed by atoms with E-state index in [4.69, 9.17) is 0 Å². The standard InChI is InChI=1S/C18H28N2O2/c1-2-6-17(18(21)22)19-16-10-13-20(14-11-16)12-9-15-7-4-3-5-8-15/h3-5,7-8,16-17,19H,2,6,9-14H2,1H3,(H,21,22). The lowest BCUT2D eigenvalue weighted by atomic mass is 10.0. The Bertz CT molecular complexity index is 442. The van der Waals surface area contributed by atoms with Crippen LogP contribution >= 0.6 is 0 Å². The van der Waals surface area contributed by atoms with E-state index in [9.17, 15) is 9.90 Å². The Morgan fingerprint density at radius 2 is 2.00 bits per heavy atom. The predicted molar refractivity (Wildman–Crippen MR) is 89.1 cm³/mol. The Labute approximate surface area is 133 Å². The summed E-state index contributed by atoms with van der Waals surface area (Å²) in [5.74, 6) is -0.714. The molecule has 22 heavy (non-hydrogen) atoms. The van der Waals surface area contributed by atoms with Crippen LogP contribution in [0.3, 0.4) is 0 Å². The van der Waals surface area contributed by atoms with Crippen LogP contribution in [0.1, 0.15) is 38.2 Å². The molecule has 1 fully saturated rings. The molecule has 1 aliphatic rings. The van der Waals surface area contributed by atoms with Crippen LogP contribution in [0.2, 0.25) is 0 Å². The fourth-order valence-corrected chi connectivity index (χ4v) is 3.11. The molecule has 0 amide bonds. The first-order valence-electron chi connectivity index (χ1n) is 8.44. The lowest BCUT2D eigenvalue weighted by Gasteiger charge is -2.33. The molecular formula is C18H28N2O2. The van der Waals surface area contributed by atoms with Crippen molar-refractivity contribution in [2.45, 2.75) is 51.1 Å². The van der Waals surface area contributed by atoms with Crippen LogP contribution in [0.5, 0.6) is 0 Å². The first-order chi connectivity index (χ1) is 10.7. The number of benzene rings is 1. The maximum absolute atomic E-state index is 11.2. The molecule has 0 aliphatic carbocycles. The first-order valence-corrected chi connectivity index (χ1v) is 8.44. The zero-order valence-corrected chi connectivity index (χ0v) is 13.5. The van der Waals surface area contributed by atoms with Crippen molar-refractivity contribution in [1.82, 2.24) is 10.2 Å². The first kappa shape index (κ1) is 17.0. The molecule has 0 saturated carbocycles. The molecule has 1 unspecified atom stereocenters. The van der Waals surface area contributed by atoms with E-state index in [0.717, 1.165) is 45.3 Å². The fraction of sp³-hybridized carbons (Fsp3) is 0.611. The third kappa shape index (κ3) is 5.43. The third-order valence-electron chi connectivity index (χ3n) is 4.46. The molecule has 2 rings (SSSR count). The Morgan fingerprint density at radius 3 is 2.59 bits per heavy atom.